The minimum atomic E-state index is -0.976. The first-order valence-electron chi connectivity index (χ1n) is 7.58. The Hall–Kier alpha value is -2.54. The molecule has 2 rings (SSSR count). The van der Waals surface area contributed by atoms with Crippen molar-refractivity contribution in [3.63, 3.8) is 0 Å². The fraction of sp³-hybridized carbons (Fsp3) is 0.222. The molecule has 7 heteroatoms. The number of hydrogen-bond donors (Lipinski definition) is 2. The van der Waals surface area contributed by atoms with Gasteiger partial charge in [0.1, 0.15) is 0 Å². The van der Waals surface area contributed by atoms with Crippen LogP contribution in [0.5, 0.6) is 5.75 Å². The van der Waals surface area contributed by atoms with E-state index in [1.54, 1.807) is 12.1 Å². The molecule has 0 heterocycles. The van der Waals surface area contributed by atoms with Crippen LogP contribution >= 0.6 is 11.8 Å². The number of carbonyl (C=O) groups is 2. The molecule has 1 unspecified atom stereocenters. The van der Waals surface area contributed by atoms with Gasteiger partial charge in [-0.15, -0.1) is 11.8 Å². The number of hydrogen-bond acceptors (Lipinski definition) is 4. The summed E-state index contributed by atoms with van der Waals surface area (Å²) in [6, 6.07) is 11.3. The number of para-hydroxylation sites is 1. The molecule has 2 amide bonds. The summed E-state index contributed by atoms with van der Waals surface area (Å²) in [5.41, 5.74) is 5.90. The average molecular weight is 362 g/mol. The van der Waals surface area contributed by atoms with Crippen LogP contribution in [0.15, 0.2) is 47.4 Å². The zero-order valence-electron chi connectivity index (χ0n) is 14.1. The predicted molar refractivity (Wildman–Crippen MR) is 95.1 cm³/mol. The van der Waals surface area contributed by atoms with E-state index in [0.717, 1.165) is 10.5 Å². The highest BCUT2D eigenvalue weighted by atomic mass is 32.2. The van der Waals surface area contributed by atoms with E-state index in [9.17, 15) is 14.0 Å². The van der Waals surface area contributed by atoms with Gasteiger partial charge in [0, 0.05) is 10.5 Å². The van der Waals surface area contributed by atoms with Gasteiger partial charge in [-0.2, -0.15) is 0 Å². The van der Waals surface area contributed by atoms with Crippen molar-refractivity contribution in [2.75, 3.05) is 6.26 Å². The Morgan fingerprint density at radius 2 is 1.88 bits per heavy atom. The van der Waals surface area contributed by atoms with Crippen molar-refractivity contribution in [1.82, 2.24) is 10.9 Å². The standard InChI is InChI=1S/C18H19FN2O3S/c1-11-8-9-13(25-3)10-14(11)18(23)21-20-17(22)12(2)24-16-7-5-4-6-15(16)19/h4-10,12H,1-3H3,(H,20,22)(H,21,23). The minimum Gasteiger partial charge on any atom is -0.478 e. The van der Waals surface area contributed by atoms with Gasteiger partial charge in [0.2, 0.25) is 0 Å². The van der Waals surface area contributed by atoms with Crippen LogP contribution in [0.25, 0.3) is 0 Å². The maximum absolute atomic E-state index is 13.5. The highest BCUT2D eigenvalue weighted by molar-refractivity contribution is 7.98. The summed E-state index contributed by atoms with van der Waals surface area (Å²) in [4.78, 5) is 25.2. The molecule has 2 aromatic rings. The third kappa shape index (κ3) is 4.96. The largest absolute Gasteiger partial charge is 0.478 e. The van der Waals surface area contributed by atoms with Crippen LogP contribution < -0.4 is 15.6 Å². The number of hydrazine groups is 1. The number of benzene rings is 2. The zero-order valence-corrected chi connectivity index (χ0v) is 14.9. The summed E-state index contributed by atoms with van der Waals surface area (Å²) in [6.45, 7) is 3.28. The number of halogens is 1. The maximum Gasteiger partial charge on any atom is 0.279 e. The van der Waals surface area contributed by atoms with E-state index in [2.05, 4.69) is 10.9 Å². The first kappa shape index (κ1) is 18.8. The first-order chi connectivity index (χ1) is 11.9. The minimum absolute atomic E-state index is 0.0278. The Labute approximate surface area is 149 Å². The highest BCUT2D eigenvalue weighted by Gasteiger charge is 2.18. The number of rotatable bonds is 5. The second-order valence-electron chi connectivity index (χ2n) is 5.31. The predicted octanol–water partition coefficient (Wildman–Crippen LogP) is 3.08. The Kier molecular flexibility index (Phi) is 6.41. The van der Waals surface area contributed by atoms with Gasteiger partial charge in [-0.25, -0.2) is 4.39 Å². The van der Waals surface area contributed by atoms with E-state index in [-0.39, 0.29) is 5.75 Å². The van der Waals surface area contributed by atoms with E-state index in [1.807, 2.05) is 25.3 Å². The van der Waals surface area contributed by atoms with E-state index >= 15 is 0 Å². The smallest absolute Gasteiger partial charge is 0.279 e. The fourth-order valence-electron chi connectivity index (χ4n) is 2.04. The van der Waals surface area contributed by atoms with Crippen molar-refractivity contribution in [1.29, 1.82) is 0 Å². The molecular formula is C18H19FN2O3S. The topological polar surface area (TPSA) is 67.4 Å². The average Bonchev–Trinajstić information content (AvgIpc) is 2.61. The van der Waals surface area contributed by atoms with Crippen molar-refractivity contribution in [2.45, 2.75) is 24.8 Å². The molecule has 0 bridgehead atoms. The molecule has 0 aromatic heterocycles. The Balaban J connectivity index is 1.95. The Morgan fingerprint density at radius 3 is 2.56 bits per heavy atom. The second kappa shape index (κ2) is 8.53. The number of nitrogens with one attached hydrogen (secondary N) is 2. The molecule has 5 nitrogen and oxygen atoms in total. The summed E-state index contributed by atoms with van der Waals surface area (Å²) in [5, 5.41) is 0. The number of thioether (sulfide) groups is 1. The van der Waals surface area contributed by atoms with Gasteiger partial charge >= 0.3 is 0 Å². The molecule has 0 aliphatic heterocycles. The molecule has 2 N–H and O–H groups in total. The quantitative estimate of drug-likeness (QED) is 0.634. The molecule has 0 aliphatic rings. The fourth-order valence-corrected chi connectivity index (χ4v) is 2.48. The third-order valence-corrected chi connectivity index (χ3v) is 4.22. The lowest BCUT2D eigenvalue weighted by molar-refractivity contribution is -0.128. The van der Waals surface area contributed by atoms with Crippen LogP contribution in [-0.4, -0.2) is 24.2 Å². The summed E-state index contributed by atoms with van der Waals surface area (Å²) in [5.74, 6) is -1.61. The van der Waals surface area contributed by atoms with E-state index in [4.69, 9.17) is 4.74 Å². The molecule has 1 atom stereocenters. The Bertz CT molecular complexity index is 783. The van der Waals surface area contributed by atoms with Crippen molar-refractivity contribution in [2.24, 2.45) is 0 Å². The van der Waals surface area contributed by atoms with Crippen LogP contribution in [0.4, 0.5) is 4.39 Å². The van der Waals surface area contributed by atoms with Gasteiger partial charge in [0.15, 0.2) is 17.7 Å². The molecule has 0 saturated heterocycles. The maximum atomic E-state index is 13.5. The zero-order chi connectivity index (χ0) is 18.4. The molecule has 0 spiro atoms. The normalized spacial score (nSPS) is 11.5. The number of carbonyl (C=O) groups excluding carboxylic acids is 2. The van der Waals surface area contributed by atoms with E-state index in [0.29, 0.717) is 5.56 Å². The number of amides is 2. The van der Waals surface area contributed by atoms with Crippen molar-refractivity contribution in [3.05, 3.63) is 59.4 Å². The Morgan fingerprint density at radius 1 is 1.16 bits per heavy atom. The lowest BCUT2D eigenvalue weighted by atomic mass is 10.1. The monoisotopic (exact) mass is 362 g/mol. The van der Waals surface area contributed by atoms with Gasteiger partial charge in [0.05, 0.1) is 0 Å². The van der Waals surface area contributed by atoms with E-state index < -0.39 is 23.7 Å². The number of ether oxygens (including phenoxy) is 1. The van der Waals surface area contributed by atoms with Crippen LogP contribution in [0, 0.1) is 12.7 Å². The van der Waals surface area contributed by atoms with Gasteiger partial charge in [-0.3, -0.25) is 20.4 Å². The molecule has 0 radical (unpaired) electrons. The van der Waals surface area contributed by atoms with Gasteiger partial charge in [-0.1, -0.05) is 18.2 Å². The summed E-state index contributed by atoms with van der Waals surface area (Å²) in [6.07, 6.45) is 0.936. The van der Waals surface area contributed by atoms with Gasteiger partial charge in [0.25, 0.3) is 11.8 Å². The number of aryl methyl sites for hydroxylation is 1. The molecule has 25 heavy (non-hydrogen) atoms. The first-order valence-corrected chi connectivity index (χ1v) is 8.81. The molecular weight excluding hydrogens is 343 g/mol. The third-order valence-electron chi connectivity index (χ3n) is 3.50. The molecule has 0 saturated carbocycles. The van der Waals surface area contributed by atoms with Crippen LogP contribution in [0.2, 0.25) is 0 Å². The second-order valence-corrected chi connectivity index (χ2v) is 6.19. The van der Waals surface area contributed by atoms with Crippen molar-refractivity contribution in [3.8, 4) is 5.75 Å². The van der Waals surface area contributed by atoms with Crippen molar-refractivity contribution >= 4 is 23.6 Å². The van der Waals surface area contributed by atoms with Crippen LogP contribution in [0.1, 0.15) is 22.8 Å². The highest BCUT2D eigenvalue weighted by Crippen LogP contribution is 2.19. The lowest BCUT2D eigenvalue weighted by Gasteiger charge is -2.16. The lowest BCUT2D eigenvalue weighted by Crippen LogP contribution is -2.47. The molecule has 0 aliphatic carbocycles. The van der Waals surface area contributed by atoms with Gasteiger partial charge < -0.3 is 4.74 Å². The summed E-state index contributed by atoms with van der Waals surface area (Å²) in [7, 11) is 0. The van der Waals surface area contributed by atoms with Gasteiger partial charge in [-0.05, 0) is 49.9 Å². The summed E-state index contributed by atoms with van der Waals surface area (Å²) < 4.78 is 18.8. The summed E-state index contributed by atoms with van der Waals surface area (Å²) >= 11 is 1.52. The van der Waals surface area contributed by atoms with Crippen LogP contribution in [0.3, 0.4) is 0 Å². The van der Waals surface area contributed by atoms with Crippen LogP contribution in [-0.2, 0) is 4.79 Å². The molecule has 0 fully saturated rings. The van der Waals surface area contributed by atoms with E-state index in [1.165, 1.54) is 36.9 Å². The molecule has 2 aromatic carbocycles. The molecule has 132 valence electrons. The SMILES string of the molecule is CSc1ccc(C)c(C(=O)NNC(=O)C(C)Oc2ccccc2F)c1. The van der Waals surface area contributed by atoms with Crippen molar-refractivity contribution < 1.29 is 18.7 Å².